The Morgan fingerprint density at radius 1 is 1.10 bits per heavy atom. The van der Waals surface area contributed by atoms with Crippen molar-refractivity contribution in [1.82, 2.24) is 4.57 Å². The number of fused-ring (bicyclic) bond motifs is 1. The van der Waals surface area contributed by atoms with Crippen LogP contribution in [0.3, 0.4) is 0 Å². The van der Waals surface area contributed by atoms with Gasteiger partial charge in [-0.15, -0.1) is 0 Å². The smallest absolute Gasteiger partial charge is 0.271 e. The highest BCUT2D eigenvalue weighted by Crippen LogP contribution is 2.35. The number of carbonyl (C=O) groups is 1. The molecule has 0 radical (unpaired) electrons. The van der Waals surface area contributed by atoms with Crippen molar-refractivity contribution in [3.8, 4) is 22.6 Å². The molecule has 2 aromatic carbocycles. The summed E-state index contributed by atoms with van der Waals surface area (Å²) in [4.78, 5) is 42.3. The van der Waals surface area contributed by atoms with Gasteiger partial charge in [-0.25, -0.2) is 4.99 Å². The average Bonchev–Trinajstić information content (AvgIpc) is 3.68. The summed E-state index contributed by atoms with van der Waals surface area (Å²) in [7, 11) is 0. The number of nitro benzene ring substituents is 1. The number of Topliss-reactive ketones (excluding diaryl/α,β-unsaturated/α-hetero) is 1. The SMILES string of the molecule is CC(=O)C1=C(C)N=c2s/c(=C/c3ccc(-c4cc([N+](=O)[O-])ccc4Cl)o3)c(=O)n2[C@H]1c1ccc(-c2ccc(Br)cc2)o1. The number of hydrogen-bond acceptors (Lipinski definition) is 8. The molecule has 210 valence electrons. The Hall–Kier alpha value is -4.32. The molecule has 0 fully saturated rings. The molecule has 3 aromatic heterocycles. The predicted molar refractivity (Wildman–Crippen MR) is 162 cm³/mol. The van der Waals surface area contributed by atoms with Crippen LogP contribution in [0.4, 0.5) is 5.69 Å². The Labute approximate surface area is 255 Å². The number of non-ortho nitro benzene ring substituents is 1. The number of furan rings is 2. The number of aromatic nitrogens is 1. The lowest BCUT2D eigenvalue weighted by molar-refractivity contribution is -0.384. The molecule has 0 spiro atoms. The van der Waals surface area contributed by atoms with Gasteiger partial charge >= 0.3 is 0 Å². The van der Waals surface area contributed by atoms with Crippen molar-refractivity contribution in [3.63, 3.8) is 0 Å². The Morgan fingerprint density at radius 2 is 1.83 bits per heavy atom. The Balaban J connectivity index is 1.44. The van der Waals surface area contributed by atoms with Gasteiger partial charge in [-0.1, -0.05) is 51.0 Å². The summed E-state index contributed by atoms with van der Waals surface area (Å²) >= 11 is 10.9. The second-order valence-corrected chi connectivity index (χ2v) is 11.8. The van der Waals surface area contributed by atoms with Crippen LogP contribution in [-0.2, 0) is 4.79 Å². The zero-order valence-corrected chi connectivity index (χ0v) is 25.1. The number of ketones is 1. The third-order valence-corrected chi connectivity index (χ3v) is 8.59. The highest BCUT2D eigenvalue weighted by Gasteiger charge is 2.33. The minimum absolute atomic E-state index is 0.126. The van der Waals surface area contributed by atoms with E-state index < -0.39 is 11.0 Å². The van der Waals surface area contributed by atoms with E-state index in [0.717, 1.165) is 21.4 Å². The number of hydrogen-bond donors (Lipinski definition) is 0. The van der Waals surface area contributed by atoms with E-state index in [-0.39, 0.29) is 22.1 Å². The molecule has 1 aliphatic rings. The van der Waals surface area contributed by atoms with Crippen molar-refractivity contribution in [2.75, 3.05) is 0 Å². The minimum atomic E-state index is -0.805. The largest absolute Gasteiger partial charge is 0.458 e. The molecule has 0 saturated heterocycles. The van der Waals surface area contributed by atoms with Gasteiger partial charge in [0.25, 0.3) is 11.2 Å². The monoisotopic (exact) mass is 663 g/mol. The van der Waals surface area contributed by atoms with E-state index >= 15 is 0 Å². The van der Waals surface area contributed by atoms with E-state index in [2.05, 4.69) is 20.9 Å². The van der Waals surface area contributed by atoms with Crippen molar-refractivity contribution < 1.29 is 18.6 Å². The van der Waals surface area contributed by atoms with Crippen LogP contribution in [0.5, 0.6) is 0 Å². The fourth-order valence-corrected chi connectivity index (χ4v) is 6.33. The summed E-state index contributed by atoms with van der Waals surface area (Å²) in [5, 5.41) is 11.5. The first kappa shape index (κ1) is 27.8. The maximum atomic E-state index is 13.8. The first-order chi connectivity index (χ1) is 20.1. The number of nitrogens with zero attached hydrogens (tertiary/aromatic N) is 3. The number of thiazole rings is 1. The number of rotatable bonds is 6. The maximum Gasteiger partial charge on any atom is 0.271 e. The van der Waals surface area contributed by atoms with E-state index in [1.165, 1.54) is 29.7 Å². The van der Waals surface area contributed by atoms with Gasteiger partial charge in [0.05, 0.1) is 14.5 Å². The predicted octanol–water partition coefficient (Wildman–Crippen LogP) is 6.67. The lowest BCUT2D eigenvalue weighted by Crippen LogP contribution is -2.39. The maximum absolute atomic E-state index is 13.8. The van der Waals surface area contributed by atoms with Crippen LogP contribution in [0.25, 0.3) is 28.7 Å². The lowest BCUT2D eigenvalue weighted by atomic mass is 9.98. The standard InChI is InChI=1S/C30H19BrClN3O6S/c1-15-27(16(2)36)28(25-12-11-23(41-25)17-3-5-18(31)6-4-17)34-29(37)26(42-30(34)33-15)14-20-8-10-24(40-20)21-13-19(35(38)39)7-9-22(21)32/h3-14,28H,1-2H3/b26-14+/t28-/m0/s1. The first-order valence-electron chi connectivity index (χ1n) is 12.5. The highest BCUT2D eigenvalue weighted by atomic mass is 79.9. The van der Waals surface area contributed by atoms with Crippen molar-refractivity contribution in [2.45, 2.75) is 19.9 Å². The van der Waals surface area contributed by atoms with Crippen LogP contribution in [0.2, 0.25) is 5.02 Å². The van der Waals surface area contributed by atoms with Crippen molar-refractivity contribution >= 4 is 56.4 Å². The minimum Gasteiger partial charge on any atom is -0.458 e. The number of halogens is 2. The van der Waals surface area contributed by atoms with Crippen LogP contribution in [0.15, 0.2) is 101 Å². The second-order valence-electron chi connectivity index (χ2n) is 9.47. The van der Waals surface area contributed by atoms with Crippen molar-refractivity contribution in [2.24, 2.45) is 4.99 Å². The van der Waals surface area contributed by atoms with Crippen LogP contribution < -0.4 is 14.9 Å². The van der Waals surface area contributed by atoms with Gasteiger partial charge < -0.3 is 8.83 Å². The second kappa shape index (κ2) is 10.8. The molecule has 12 heteroatoms. The van der Waals surface area contributed by atoms with E-state index in [9.17, 15) is 19.7 Å². The molecule has 0 aliphatic carbocycles. The van der Waals surface area contributed by atoms with Crippen LogP contribution >= 0.6 is 38.9 Å². The average molecular weight is 665 g/mol. The number of nitro groups is 1. The molecular formula is C30H19BrClN3O6S. The third kappa shape index (κ3) is 5.00. The first-order valence-corrected chi connectivity index (χ1v) is 14.5. The molecule has 4 heterocycles. The molecule has 1 aliphatic heterocycles. The van der Waals surface area contributed by atoms with Gasteiger partial charge in [-0.05, 0) is 56.3 Å². The molecule has 6 rings (SSSR count). The lowest BCUT2D eigenvalue weighted by Gasteiger charge is -2.22. The van der Waals surface area contributed by atoms with Gasteiger partial charge in [0.15, 0.2) is 10.6 Å². The van der Waals surface area contributed by atoms with Gasteiger partial charge in [0.1, 0.15) is 29.1 Å². The van der Waals surface area contributed by atoms with E-state index in [1.54, 1.807) is 31.2 Å². The van der Waals surface area contributed by atoms with Crippen molar-refractivity contribution in [3.05, 3.63) is 129 Å². The normalized spacial score (nSPS) is 15.0. The van der Waals surface area contributed by atoms with Crippen molar-refractivity contribution in [1.29, 1.82) is 0 Å². The molecule has 1 atom stereocenters. The molecule has 0 saturated carbocycles. The number of benzene rings is 2. The number of carbonyl (C=O) groups excluding carboxylic acids is 1. The van der Waals surface area contributed by atoms with Crippen LogP contribution in [0.1, 0.15) is 31.4 Å². The van der Waals surface area contributed by atoms with Gasteiger partial charge in [0.2, 0.25) is 0 Å². The molecule has 0 unspecified atom stereocenters. The summed E-state index contributed by atoms with van der Waals surface area (Å²) in [6.07, 6.45) is 1.57. The van der Waals surface area contributed by atoms with Crippen LogP contribution in [0, 0.1) is 10.1 Å². The fourth-order valence-electron chi connectivity index (χ4n) is 4.83. The molecule has 0 amide bonds. The van der Waals surface area contributed by atoms with Crippen LogP contribution in [-0.4, -0.2) is 15.3 Å². The summed E-state index contributed by atoms with van der Waals surface area (Å²) in [6.45, 7) is 3.18. The Kier molecular flexibility index (Phi) is 7.17. The van der Waals surface area contributed by atoms with E-state index in [1.807, 2.05) is 30.3 Å². The summed E-state index contributed by atoms with van der Waals surface area (Å²) in [6, 6.07) is 17.7. The molecule has 9 nitrogen and oxygen atoms in total. The molecule has 0 bridgehead atoms. The molecule has 5 aromatic rings. The summed E-state index contributed by atoms with van der Waals surface area (Å²) < 4.78 is 14.8. The zero-order chi connectivity index (χ0) is 29.7. The molecular weight excluding hydrogens is 646 g/mol. The summed E-state index contributed by atoms with van der Waals surface area (Å²) in [5.41, 5.74) is 1.57. The molecule has 42 heavy (non-hydrogen) atoms. The fraction of sp³-hybridized carbons (Fsp3) is 0.100. The number of allylic oxidation sites excluding steroid dienone is 2. The third-order valence-electron chi connectivity index (χ3n) is 6.75. The zero-order valence-electron chi connectivity index (χ0n) is 22.0. The molecule has 0 N–H and O–H groups in total. The highest BCUT2D eigenvalue weighted by molar-refractivity contribution is 9.10. The van der Waals surface area contributed by atoms with Gasteiger partial charge in [-0.2, -0.15) is 0 Å². The van der Waals surface area contributed by atoms with E-state index in [0.29, 0.717) is 49.2 Å². The summed E-state index contributed by atoms with van der Waals surface area (Å²) in [5.74, 6) is 1.46. The van der Waals surface area contributed by atoms with Gasteiger partial charge in [0, 0.05) is 45.1 Å². The quantitative estimate of drug-likeness (QED) is 0.148. The van der Waals surface area contributed by atoms with E-state index in [4.69, 9.17) is 20.4 Å². The Bertz CT molecular complexity index is 2120. The topological polar surface area (TPSA) is 121 Å². The van der Waals surface area contributed by atoms with Gasteiger partial charge in [-0.3, -0.25) is 24.3 Å². The Morgan fingerprint density at radius 3 is 2.55 bits per heavy atom.